The normalized spacial score (nSPS) is 10.4. The number of hydrogen-bond donors (Lipinski definition) is 1. The zero-order valence-corrected chi connectivity index (χ0v) is 10.6. The second-order valence-electron chi connectivity index (χ2n) is 3.68. The number of benzene rings is 1. The summed E-state index contributed by atoms with van der Waals surface area (Å²) >= 11 is 0. The average molecular weight is 249 g/mol. The zero-order valence-electron chi connectivity index (χ0n) is 10.6. The zero-order chi connectivity index (χ0) is 13.1. The van der Waals surface area contributed by atoms with Crippen LogP contribution in [0.5, 0.6) is 11.5 Å². The van der Waals surface area contributed by atoms with Gasteiger partial charge in [-0.3, -0.25) is 4.79 Å². The maximum atomic E-state index is 12.1. The summed E-state index contributed by atoms with van der Waals surface area (Å²) in [5, 5.41) is 3.35. The van der Waals surface area contributed by atoms with E-state index >= 15 is 0 Å². The molecule has 1 N–H and O–H groups in total. The van der Waals surface area contributed by atoms with E-state index < -0.39 is 0 Å². The van der Waals surface area contributed by atoms with Crippen LogP contribution in [0.2, 0.25) is 0 Å². The quantitative estimate of drug-likeness (QED) is 0.900. The van der Waals surface area contributed by atoms with Crippen LogP contribution in [0.3, 0.4) is 0 Å². The van der Waals surface area contributed by atoms with Crippen molar-refractivity contribution in [3.8, 4) is 11.5 Å². The molecule has 0 bridgehead atoms. The molecule has 1 aromatic heterocycles. The smallest absolute Gasteiger partial charge is 0.198 e. The molecular formula is C13H15NO4. The third-order valence-electron chi connectivity index (χ3n) is 2.59. The van der Waals surface area contributed by atoms with Crippen molar-refractivity contribution in [1.82, 2.24) is 0 Å². The molecule has 0 aliphatic carbocycles. The number of methoxy groups -OCH3 is 2. The maximum absolute atomic E-state index is 12.1. The highest BCUT2D eigenvalue weighted by Crippen LogP contribution is 2.32. The first-order chi connectivity index (χ1) is 8.71. The molecule has 1 aromatic carbocycles. The van der Waals surface area contributed by atoms with Crippen molar-refractivity contribution in [1.29, 1.82) is 0 Å². The summed E-state index contributed by atoms with van der Waals surface area (Å²) in [5.41, 5.74) is 0.225. The molecule has 18 heavy (non-hydrogen) atoms. The van der Waals surface area contributed by atoms with Crippen molar-refractivity contribution in [2.45, 2.75) is 6.92 Å². The largest absolute Gasteiger partial charge is 0.496 e. The van der Waals surface area contributed by atoms with Gasteiger partial charge in [0.2, 0.25) is 0 Å². The van der Waals surface area contributed by atoms with Crippen LogP contribution in [0.1, 0.15) is 6.92 Å². The monoisotopic (exact) mass is 249 g/mol. The third-order valence-corrected chi connectivity index (χ3v) is 2.59. The molecule has 2 rings (SSSR count). The second kappa shape index (κ2) is 5.00. The van der Waals surface area contributed by atoms with Gasteiger partial charge in [-0.1, -0.05) is 0 Å². The molecule has 0 aliphatic rings. The van der Waals surface area contributed by atoms with Crippen LogP contribution in [0.4, 0.5) is 5.88 Å². The molecule has 0 saturated heterocycles. The Kier molecular flexibility index (Phi) is 3.41. The van der Waals surface area contributed by atoms with E-state index in [4.69, 9.17) is 13.9 Å². The summed E-state index contributed by atoms with van der Waals surface area (Å²) in [5.74, 6) is 1.40. The molecule has 2 aromatic rings. The van der Waals surface area contributed by atoms with Gasteiger partial charge in [-0.15, -0.1) is 0 Å². The Bertz CT molecular complexity index is 618. The van der Waals surface area contributed by atoms with Crippen molar-refractivity contribution in [2.24, 2.45) is 0 Å². The van der Waals surface area contributed by atoms with Crippen molar-refractivity contribution in [2.75, 3.05) is 26.1 Å². The summed E-state index contributed by atoms with van der Waals surface area (Å²) in [6.45, 7) is 2.59. The van der Waals surface area contributed by atoms with Gasteiger partial charge in [0.25, 0.3) is 0 Å². The molecule has 5 heteroatoms. The molecule has 0 amide bonds. The Labute approximate surface area is 104 Å². The number of nitrogens with one attached hydrogen (secondary N) is 1. The highest BCUT2D eigenvalue weighted by Gasteiger charge is 2.14. The molecular weight excluding hydrogens is 234 g/mol. The van der Waals surface area contributed by atoms with E-state index in [9.17, 15) is 4.79 Å². The minimum Gasteiger partial charge on any atom is -0.496 e. The van der Waals surface area contributed by atoms with Gasteiger partial charge in [0.1, 0.15) is 11.1 Å². The van der Waals surface area contributed by atoms with Gasteiger partial charge in [0.05, 0.1) is 14.2 Å². The van der Waals surface area contributed by atoms with E-state index in [1.54, 1.807) is 12.1 Å². The van der Waals surface area contributed by atoms with E-state index in [0.717, 1.165) is 0 Å². The van der Waals surface area contributed by atoms with Crippen LogP contribution in [-0.2, 0) is 0 Å². The molecule has 5 nitrogen and oxygen atoms in total. The van der Waals surface area contributed by atoms with Gasteiger partial charge in [-0.05, 0) is 19.1 Å². The average Bonchev–Trinajstić information content (AvgIpc) is 2.37. The Morgan fingerprint density at radius 2 is 1.89 bits per heavy atom. The fraction of sp³-hybridized carbons (Fsp3) is 0.308. The van der Waals surface area contributed by atoms with Crippen LogP contribution in [0, 0.1) is 0 Å². The number of anilines is 1. The highest BCUT2D eigenvalue weighted by molar-refractivity contribution is 5.89. The van der Waals surface area contributed by atoms with Gasteiger partial charge in [0.15, 0.2) is 22.6 Å². The van der Waals surface area contributed by atoms with Crippen molar-refractivity contribution in [3.05, 3.63) is 28.4 Å². The fourth-order valence-electron chi connectivity index (χ4n) is 1.80. The lowest BCUT2D eigenvalue weighted by molar-refractivity contribution is 0.402. The molecule has 0 radical (unpaired) electrons. The second-order valence-corrected chi connectivity index (χ2v) is 3.68. The van der Waals surface area contributed by atoms with Crippen LogP contribution >= 0.6 is 0 Å². The Morgan fingerprint density at radius 3 is 2.50 bits per heavy atom. The molecule has 0 atom stereocenters. The number of rotatable bonds is 4. The third kappa shape index (κ3) is 1.99. The van der Waals surface area contributed by atoms with Gasteiger partial charge in [-0.2, -0.15) is 0 Å². The van der Waals surface area contributed by atoms with E-state index in [0.29, 0.717) is 34.9 Å². The number of hydrogen-bond acceptors (Lipinski definition) is 5. The molecule has 0 saturated carbocycles. The molecule has 1 heterocycles. The van der Waals surface area contributed by atoms with Crippen molar-refractivity contribution in [3.63, 3.8) is 0 Å². The summed E-state index contributed by atoms with van der Waals surface area (Å²) in [4.78, 5) is 12.1. The predicted molar refractivity (Wildman–Crippen MR) is 69.8 cm³/mol. The topological polar surface area (TPSA) is 60.7 Å². The lowest BCUT2D eigenvalue weighted by atomic mass is 10.2. The highest BCUT2D eigenvalue weighted by atomic mass is 16.5. The number of ether oxygens (including phenoxy) is 2. The standard InChI is InChI=1S/C13H15NO4/c1-4-14-11-7-8(15)12-9(16-2)5-6-10(17-3)13(12)18-11/h5-7,14H,4H2,1-3H3. The molecule has 0 fully saturated rings. The Balaban J connectivity index is 2.80. The summed E-state index contributed by atoms with van der Waals surface area (Å²) in [7, 11) is 3.04. The molecule has 0 spiro atoms. The minimum atomic E-state index is -0.164. The fourth-order valence-corrected chi connectivity index (χ4v) is 1.80. The number of fused-ring (bicyclic) bond motifs is 1. The predicted octanol–water partition coefficient (Wildman–Crippen LogP) is 2.24. The first-order valence-corrected chi connectivity index (χ1v) is 5.64. The SMILES string of the molecule is CCNc1cc(=O)c2c(OC)ccc(OC)c2o1. The summed E-state index contributed by atoms with van der Waals surface area (Å²) < 4.78 is 16.0. The van der Waals surface area contributed by atoms with Crippen LogP contribution in [0.25, 0.3) is 11.0 Å². The molecule has 96 valence electrons. The first-order valence-electron chi connectivity index (χ1n) is 5.64. The van der Waals surface area contributed by atoms with E-state index in [2.05, 4.69) is 5.32 Å². The first kappa shape index (κ1) is 12.3. The van der Waals surface area contributed by atoms with Crippen molar-refractivity contribution >= 4 is 16.9 Å². The molecule has 0 aliphatic heterocycles. The van der Waals surface area contributed by atoms with Crippen LogP contribution < -0.4 is 20.2 Å². The lowest BCUT2D eigenvalue weighted by Crippen LogP contribution is -2.06. The van der Waals surface area contributed by atoms with Gasteiger partial charge < -0.3 is 19.2 Å². The summed E-state index contributed by atoms with van der Waals surface area (Å²) in [6.07, 6.45) is 0. The molecule has 0 unspecified atom stereocenters. The van der Waals surface area contributed by atoms with E-state index in [1.807, 2.05) is 6.92 Å². The minimum absolute atomic E-state index is 0.164. The van der Waals surface area contributed by atoms with E-state index in [-0.39, 0.29) is 5.43 Å². The Hall–Kier alpha value is -2.17. The van der Waals surface area contributed by atoms with Gasteiger partial charge in [-0.25, -0.2) is 0 Å². The van der Waals surface area contributed by atoms with Crippen LogP contribution in [0.15, 0.2) is 27.4 Å². The van der Waals surface area contributed by atoms with Gasteiger partial charge in [0, 0.05) is 12.6 Å². The summed E-state index contributed by atoms with van der Waals surface area (Å²) in [6, 6.07) is 4.80. The maximum Gasteiger partial charge on any atom is 0.198 e. The Morgan fingerprint density at radius 1 is 1.22 bits per heavy atom. The van der Waals surface area contributed by atoms with Crippen LogP contribution in [-0.4, -0.2) is 20.8 Å². The lowest BCUT2D eigenvalue weighted by Gasteiger charge is -2.10. The van der Waals surface area contributed by atoms with Crippen molar-refractivity contribution < 1.29 is 13.9 Å². The van der Waals surface area contributed by atoms with E-state index in [1.165, 1.54) is 20.3 Å². The van der Waals surface area contributed by atoms with Gasteiger partial charge >= 0.3 is 0 Å².